The van der Waals surface area contributed by atoms with Gasteiger partial charge in [-0.15, -0.1) is 0 Å². The van der Waals surface area contributed by atoms with Crippen molar-refractivity contribution < 1.29 is 8.78 Å². The van der Waals surface area contributed by atoms with Gasteiger partial charge in [0, 0.05) is 11.4 Å². The van der Waals surface area contributed by atoms with Crippen LogP contribution in [0.25, 0.3) is 11.0 Å². The number of hydrogen-bond donors (Lipinski definition) is 2. The van der Waals surface area contributed by atoms with Crippen LogP contribution in [0.15, 0.2) is 41.6 Å². The number of anilines is 1. The van der Waals surface area contributed by atoms with Gasteiger partial charge in [0.15, 0.2) is 16.8 Å². The van der Waals surface area contributed by atoms with E-state index >= 15 is 0 Å². The molecule has 3 rings (SSSR count). The Labute approximate surface area is 118 Å². The molecule has 3 nitrogen and oxygen atoms in total. The van der Waals surface area contributed by atoms with Crippen molar-refractivity contribution in [1.29, 1.82) is 0 Å². The minimum atomic E-state index is -0.835. The van der Waals surface area contributed by atoms with Crippen molar-refractivity contribution in [1.82, 2.24) is 9.97 Å². The molecule has 6 heteroatoms. The maximum atomic E-state index is 13.1. The van der Waals surface area contributed by atoms with Gasteiger partial charge in [-0.3, -0.25) is 0 Å². The first-order valence-electron chi connectivity index (χ1n) is 5.94. The Morgan fingerprint density at radius 1 is 1.10 bits per heavy atom. The van der Waals surface area contributed by atoms with Crippen LogP contribution in [0, 0.1) is 11.6 Å². The molecule has 0 saturated heterocycles. The summed E-state index contributed by atoms with van der Waals surface area (Å²) < 4.78 is 25.9. The fourth-order valence-electron chi connectivity index (χ4n) is 1.85. The van der Waals surface area contributed by atoms with Crippen molar-refractivity contribution in [2.75, 3.05) is 5.73 Å². The molecule has 0 amide bonds. The topological polar surface area (TPSA) is 54.7 Å². The average Bonchev–Trinajstić information content (AvgIpc) is 2.82. The number of aromatic nitrogens is 2. The Bertz CT molecular complexity index is 770. The summed E-state index contributed by atoms with van der Waals surface area (Å²) in [7, 11) is 0. The van der Waals surface area contributed by atoms with Gasteiger partial charge in [-0.05, 0) is 35.9 Å². The quantitative estimate of drug-likeness (QED) is 0.571. The summed E-state index contributed by atoms with van der Waals surface area (Å²) in [5.74, 6) is -1.16. The maximum absolute atomic E-state index is 13.1. The van der Waals surface area contributed by atoms with Crippen molar-refractivity contribution >= 4 is 28.5 Å². The summed E-state index contributed by atoms with van der Waals surface area (Å²) in [4.78, 5) is 7.53. The highest BCUT2D eigenvalue weighted by atomic mass is 32.2. The van der Waals surface area contributed by atoms with Gasteiger partial charge in [-0.1, -0.05) is 17.8 Å². The van der Waals surface area contributed by atoms with Crippen molar-refractivity contribution in [3.63, 3.8) is 0 Å². The van der Waals surface area contributed by atoms with E-state index in [-0.39, 0.29) is 0 Å². The molecule has 0 radical (unpaired) electrons. The number of aromatic amines is 1. The molecule has 0 fully saturated rings. The number of nitrogen functional groups attached to an aromatic ring is 1. The molecule has 3 N–H and O–H groups in total. The number of imidazole rings is 1. The molecule has 2 aromatic carbocycles. The molecule has 0 atom stereocenters. The minimum Gasteiger partial charge on any atom is -0.399 e. The van der Waals surface area contributed by atoms with Gasteiger partial charge in [-0.2, -0.15) is 0 Å². The van der Waals surface area contributed by atoms with Crippen LogP contribution in [-0.2, 0) is 5.75 Å². The molecule has 0 bridgehead atoms. The number of rotatable bonds is 3. The molecule has 1 heterocycles. The van der Waals surface area contributed by atoms with E-state index in [0.29, 0.717) is 17.0 Å². The highest BCUT2D eigenvalue weighted by Gasteiger charge is 2.06. The summed E-state index contributed by atoms with van der Waals surface area (Å²) in [6.07, 6.45) is 0. The Hall–Kier alpha value is -2.08. The lowest BCUT2D eigenvalue weighted by molar-refractivity contribution is 0.507. The molecule has 102 valence electrons. The van der Waals surface area contributed by atoms with E-state index < -0.39 is 11.6 Å². The van der Waals surface area contributed by atoms with Crippen molar-refractivity contribution in [2.45, 2.75) is 10.9 Å². The van der Waals surface area contributed by atoms with E-state index in [9.17, 15) is 8.78 Å². The van der Waals surface area contributed by atoms with Crippen LogP contribution < -0.4 is 5.73 Å². The summed E-state index contributed by atoms with van der Waals surface area (Å²) >= 11 is 1.42. The smallest absolute Gasteiger partial charge is 0.166 e. The lowest BCUT2D eigenvalue weighted by Gasteiger charge is -2.00. The van der Waals surface area contributed by atoms with Crippen LogP contribution in [0.3, 0.4) is 0 Å². The molecule has 0 saturated carbocycles. The number of hydrogen-bond acceptors (Lipinski definition) is 3. The van der Waals surface area contributed by atoms with Crippen LogP contribution >= 0.6 is 11.8 Å². The highest BCUT2D eigenvalue weighted by Crippen LogP contribution is 2.24. The van der Waals surface area contributed by atoms with E-state index in [2.05, 4.69) is 9.97 Å². The molecule has 20 heavy (non-hydrogen) atoms. The van der Waals surface area contributed by atoms with Gasteiger partial charge in [-0.25, -0.2) is 13.8 Å². The van der Waals surface area contributed by atoms with Crippen LogP contribution in [0.4, 0.5) is 14.5 Å². The first-order chi connectivity index (χ1) is 9.61. The zero-order chi connectivity index (χ0) is 14.1. The molecule has 3 aromatic rings. The van der Waals surface area contributed by atoms with Gasteiger partial charge in [0.05, 0.1) is 11.0 Å². The molecule has 0 unspecified atom stereocenters. The summed E-state index contributed by atoms with van der Waals surface area (Å²) in [5, 5.41) is 0.718. The molecular weight excluding hydrogens is 280 g/mol. The second-order valence-corrected chi connectivity index (χ2v) is 5.32. The lowest BCUT2D eigenvalue weighted by atomic mass is 10.2. The molecule has 0 aliphatic rings. The fourth-order valence-corrected chi connectivity index (χ4v) is 2.68. The van der Waals surface area contributed by atoms with Gasteiger partial charge in [0.25, 0.3) is 0 Å². The van der Waals surface area contributed by atoms with E-state index in [1.165, 1.54) is 17.8 Å². The number of nitrogens with one attached hydrogen (secondary N) is 1. The number of benzene rings is 2. The number of fused-ring (bicyclic) bond motifs is 1. The van der Waals surface area contributed by atoms with Crippen LogP contribution in [0.1, 0.15) is 5.56 Å². The molecule has 0 aliphatic heterocycles. The predicted molar refractivity (Wildman–Crippen MR) is 76.4 cm³/mol. The third-order valence-corrected chi connectivity index (χ3v) is 3.79. The van der Waals surface area contributed by atoms with Gasteiger partial charge >= 0.3 is 0 Å². The number of H-pyrrole nitrogens is 1. The third kappa shape index (κ3) is 2.60. The number of nitrogens with two attached hydrogens (primary N) is 1. The first kappa shape index (κ1) is 12.9. The summed E-state index contributed by atoms with van der Waals surface area (Å²) in [6, 6.07) is 9.32. The highest BCUT2D eigenvalue weighted by molar-refractivity contribution is 7.98. The number of halogens is 2. The second-order valence-electron chi connectivity index (χ2n) is 4.36. The zero-order valence-corrected chi connectivity index (χ0v) is 11.2. The first-order valence-corrected chi connectivity index (χ1v) is 6.92. The molecule has 0 aliphatic carbocycles. The maximum Gasteiger partial charge on any atom is 0.166 e. The van der Waals surface area contributed by atoms with Gasteiger partial charge in [0.1, 0.15) is 0 Å². The molecular formula is C14H11F2N3S. The average molecular weight is 291 g/mol. The SMILES string of the molecule is Nc1ccc2nc(SCc3ccc(F)c(F)c3)[nH]c2c1. The van der Waals surface area contributed by atoms with E-state index in [4.69, 9.17) is 5.73 Å². The number of nitrogens with zero attached hydrogens (tertiary/aromatic N) is 1. The zero-order valence-electron chi connectivity index (χ0n) is 10.4. The van der Waals surface area contributed by atoms with Crippen molar-refractivity contribution in [3.8, 4) is 0 Å². The van der Waals surface area contributed by atoms with Crippen LogP contribution in [0.2, 0.25) is 0 Å². The summed E-state index contributed by atoms with van der Waals surface area (Å²) in [5.41, 5.74) is 8.75. The minimum absolute atomic E-state index is 0.506. The van der Waals surface area contributed by atoms with E-state index in [0.717, 1.165) is 22.3 Å². The summed E-state index contributed by atoms with van der Waals surface area (Å²) in [6.45, 7) is 0. The predicted octanol–water partition coefficient (Wildman–Crippen LogP) is 3.72. The normalized spacial score (nSPS) is 11.1. The molecule has 0 spiro atoms. The Kier molecular flexibility index (Phi) is 3.31. The van der Waals surface area contributed by atoms with E-state index in [1.54, 1.807) is 12.1 Å². The molecule has 1 aromatic heterocycles. The van der Waals surface area contributed by atoms with Crippen molar-refractivity contribution in [3.05, 3.63) is 53.6 Å². The van der Waals surface area contributed by atoms with Gasteiger partial charge in [0.2, 0.25) is 0 Å². The van der Waals surface area contributed by atoms with Gasteiger partial charge < -0.3 is 10.7 Å². The lowest BCUT2D eigenvalue weighted by Crippen LogP contribution is -1.87. The monoisotopic (exact) mass is 291 g/mol. The van der Waals surface area contributed by atoms with Crippen LogP contribution in [-0.4, -0.2) is 9.97 Å². The Morgan fingerprint density at radius 2 is 1.95 bits per heavy atom. The number of thioether (sulfide) groups is 1. The fraction of sp³-hybridized carbons (Fsp3) is 0.0714. The standard InChI is InChI=1S/C14H11F2N3S/c15-10-3-1-8(5-11(10)16)7-20-14-18-12-4-2-9(17)6-13(12)19-14/h1-6H,7,17H2,(H,18,19). The van der Waals surface area contributed by atoms with Crippen molar-refractivity contribution in [2.24, 2.45) is 0 Å². The van der Waals surface area contributed by atoms with Crippen LogP contribution in [0.5, 0.6) is 0 Å². The Morgan fingerprint density at radius 3 is 2.75 bits per heavy atom. The Balaban J connectivity index is 1.77. The third-order valence-electron chi connectivity index (χ3n) is 2.84. The largest absolute Gasteiger partial charge is 0.399 e. The van der Waals surface area contributed by atoms with E-state index in [1.807, 2.05) is 12.1 Å². The second kappa shape index (κ2) is 5.13.